The van der Waals surface area contributed by atoms with Gasteiger partial charge < -0.3 is 11.1 Å². The molecule has 1 rings (SSSR count). The zero-order valence-corrected chi connectivity index (χ0v) is 12.5. The van der Waals surface area contributed by atoms with E-state index in [2.05, 4.69) is 23.9 Å². The van der Waals surface area contributed by atoms with Crippen LogP contribution in [0.25, 0.3) is 0 Å². The van der Waals surface area contributed by atoms with Gasteiger partial charge in [0, 0.05) is 18.3 Å². The second-order valence-electron chi connectivity index (χ2n) is 4.94. The summed E-state index contributed by atoms with van der Waals surface area (Å²) in [4.78, 5) is 0.258. The third-order valence-corrected chi connectivity index (χ3v) is 4.27. The van der Waals surface area contributed by atoms with Gasteiger partial charge in [0.2, 0.25) is 10.0 Å². The van der Waals surface area contributed by atoms with E-state index in [0.717, 1.165) is 12.1 Å². The molecule has 1 aromatic carbocycles. The van der Waals surface area contributed by atoms with Crippen molar-refractivity contribution in [1.29, 1.82) is 0 Å². The predicted molar refractivity (Wildman–Crippen MR) is 78.6 cm³/mol. The lowest BCUT2D eigenvalue weighted by atomic mass is 10.0. The molecule has 0 aromatic heterocycles. The Morgan fingerprint density at radius 1 is 1.21 bits per heavy atom. The lowest BCUT2D eigenvalue weighted by molar-refractivity contribution is 0.522. The first-order valence-corrected chi connectivity index (χ1v) is 7.87. The van der Waals surface area contributed by atoms with E-state index < -0.39 is 10.0 Å². The van der Waals surface area contributed by atoms with Crippen LogP contribution in [0.15, 0.2) is 29.2 Å². The van der Waals surface area contributed by atoms with Gasteiger partial charge >= 0.3 is 0 Å². The van der Waals surface area contributed by atoms with Gasteiger partial charge in [-0.05, 0) is 43.7 Å². The Bertz CT molecular complexity index is 483. The highest BCUT2D eigenvalue weighted by Gasteiger charge is 2.12. The maximum Gasteiger partial charge on any atom is 0.240 e. The number of anilines is 1. The van der Waals surface area contributed by atoms with E-state index in [9.17, 15) is 8.42 Å². The van der Waals surface area contributed by atoms with Gasteiger partial charge in [0.1, 0.15) is 0 Å². The number of rotatable bonds is 7. The van der Waals surface area contributed by atoms with Crippen LogP contribution in [0.4, 0.5) is 5.69 Å². The van der Waals surface area contributed by atoms with Crippen LogP contribution in [0.1, 0.15) is 20.3 Å². The minimum absolute atomic E-state index is 0.201. The number of benzene rings is 1. The summed E-state index contributed by atoms with van der Waals surface area (Å²) >= 11 is 0. The van der Waals surface area contributed by atoms with Gasteiger partial charge in [-0.15, -0.1) is 0 Å². The molecule has 0 spiro atoms. The van der Waals surface area contributed by atoms with Gasteiger partial charge in [0.05, 0.1) is 4.90 Å². The van der Waals surface area contributed by atoms with Crippen molar-refractivity contribution >= 4 is 15.7 Å². The van der Waals surface area contributed by atoms with E-state index >= 15 is 0 Å². The summed E-state index contributed by atoms with van der Waals surface area (Å²) in [5.74, 6) is 0.560. The number of hydrogen-bond acceptors (Lipinski definition) is 4. The molecule has 0 saturated carbocycles. The van der Waals surface area contributed by atoms with Crippen molar-refractivity contribution in [3.05, 3.63) is 24.3 Å². The van der Waals surface area contributed by atoms with Gasteiger partial charge in [-0.3, -0.25) is 0 Å². The molecule has 4 N–H and O–H groups in total. The highest BCUT2D eigenvalue weighted by atomic mass is 32.2. The van der Waals surface area contributed by atoms with Crippen molar-refractivity contribution in [2.24, 2.45) is 11.7 Å². The molecule has 5 nitrogen and oxygen atoms in total. The van der Waals surface area contributed by atoms with E-state index in [1.807, 2.05) is 0 Å². The van der Waals surface area contributed by atoms with E-state index in [0.29, 0.717) is 12.5 Å². The number of hydrogen-bond donors (Lipinski definition) is 3. The first-order valence-electron chi connectivity index (χ1n) is 6.39. The zero-order valence-electron chi connectivity index (χ0n) is 11.7. The van der Waals surface area contributed by atoms with Gasteiger partial charge in [-0.25, -0.2) is 13.1 Å². The fraction of sp³-hybridized carbons (Fsp3) is 0.538. The van der Waals surface area contributed by atoms with Crippen LogP contribution in [0.3, 0.4) is 0 Å². The molecular formula is C13H23N3O2S. The Balaban J connectivity index is 2.76. The predicted octanol–water partition coefficient (Wildman–Crippen LogP) is 1.38. The van der Waals surface area contributed by atoms with Crippen molar-refractivity contribution in [3.8, 4) is 0 Å². The summed E-state index contributed by atoms with van der Waals surface area (Å²) in [5, 5.41) is 3.32. The van der Waals surface area contributed by atoms with Crippen LogP contribution in [-0.2, 0) is 10.0 Å². The van der Waals surface area contributed by atoms with E-state index in [-0.39, 0.29) is 10.9 Å². The molecule has 0 radical (unpaired) electrons. The molecule has 0 aliphatic rings. The maximum absolute atomic E-state index is 11.6. The normalized spacial score (nSPS) is 13.5. The van der Waals surface area contributed by atoms with Crippen molar-refractivity contribution in [2.75, 3.05) is 18.9 Å². The zero-order chi connectivity index (χ0) is 14.5. The summed E-state index contributed by atoms with van der Waals surface area (Å²) in [5.41, 5.74) is 6.60. The Hall–Kier alpha value is -1.11. The molecule has 0 heterocycles. The lowest BCUT2D eigenvalue weighted by Crippen LogP contribution is -2.30. The Kier molecular flexibility index (Phi) is 5.78. The van der Waals surface area contributed by atoms with Crippen molar-refractivity contribution < 1.29 is 8.42 Å². The van der Waals surface area contributed by atoms with E-state index in [1.165, 1.54) is 7.05 Å². The fourth-order valence-corrected chi connectivity index (χ4v) is 2.60. The van der Waals surface area contributed by atoms with Crippen LogP contribution in [0.5, 0.6) is 0 Å². The van der Waals surface area contributed by atoms with Gasteiger partial charge in [0.25, 0.3) is 0 Å². The molecule has 108 valence electrons. The highest BCUT2D eigenvalue weighted by Crippen LogP contribution is 2.16. The van der Waals surface area contributed by atoms with Crippen LogP contribution >= 0.6 is 0 Å². The molecule has 0 fully saturated rings. The molecule has 1 atom stereocenters. The molecule has 1 unspecified atom stereocenters. The largest absolute Gasteiger partial charge is 0.381 e. The van der Waals surface area contributed by atoms with E-state index in [1.54, 1.807) is 24.3 Å². The number of nitrogens with two attached hydrogens (primary N) is 1. The van der Waals surface area contributed by atoms with Crippen molar-refractivity contribution in [1.82, 2.24) is 4.72 Å². The number of sulfonamides is 1. The van der Waals surface area contributed by atoms with Gasteiger partial charge in [-0.1, -0.05) is 13.8 Å². The van der Waals surface area contributed by atoms with Crippen molar-refractivity contribution in [2.45, 2.75) is 31.2 Å². The summed E-state index contributed by atoms with van der Waals surface area (Å²) in [6.45, 7) is 4.84. The van der Waals surface area contributed by atoms with Crippen molar-refractivity contribution in [3.63, 3.8) is 0 Å². The standard InChI is InChI=1S/C13H23N3O2S/c1-10(2)8-12(9-14)16-11-4-6-13(7-5-11)19(17,18)15-3/h4-7,10,12,15-16H,8-9,14H2,1-3H3. The summed E-state index contributed by atoms with van der Waals surface area (Å²) < 4.78 is 25.5. The Labute approximate surface area is 115 Å². The number of nitrogens with one attached hydrogen (secondary N) is 2. The SMILES string of the molecule is CNS(=O)(=O)c1ccc(NC(CN)CC(C)C)cc1. The molecule has 0 amide bonds. The minimum Gasteiger partial charge on any atom is -0.381 e. The molecule has 0 bridgehead atoms. The summed E-state index contributed by atoms with van der Waals surface area (Å²) in [6, 6.07) is 6.88. The monoisotopic (exact) mass is 285 g/mol. The minimum atomic E-state index is -3.37. The second kappa shape index (κ2) is 6.88. The summed E-state index contributed by atoms with van der Waals surface area (Å²) in [7, 11) is -1.97. The fourth-order valence-electron chi connectivity index (χ4n) is 1.87. The summed E-state index contributed by atoms with van der Waals surface area (Å²) in [6.07, 6.45) is 0.979. The first kappa shape index (κ1) is 15.9. The molecule has 19 heavy (non-hydrogen) atoms. The average molecular weight is 285 g/mol. The Morgan fingerprint density at radius 2 is 1.79 bits per heavy atom. The highest BCUT2D eigenvalue weighted by molar-refractivity contribution is 7.89. The molecule has 0 saturated heterocycles. The lowest BCUT2D eigenvalue weighted by Gasteiger charge is -2.20. The first-order chi connectivity index (χ1) is 8.89. The maximum atomic E-state index is 11.6. The van der Waals surface area contributed by atoms with Crippen LogP contribution in [0, 0.1) is 5.92 Å². The molecule has 6 heteroatoms. The third-order valence-electron chi connectivity index (χ3n) is 2.84. The Morgan fingerprint density at radius 3 is 2.21 bits per heavy atom. The van der Waals surface area contributed by atoms with E-state index in [4.69, 9.17) is 5.73 Å². The second-order valence-corrected chi connectivity index (χ2v) is 6.82. The molecular weight excluding hydrogens is 262 g/mol. The quantitative estimate of drug-likeness (QED) is 0.706. The topological polar surface area (TPSA) is 84.2 Å². The van der Waals surface area contributed by atoms with Crippen LogP contribution in [0.2, 0.25) is 0 Å². The smallest absolute Gasteiger partial charge is 0.240 e. The molecule has 1 aromatic rings. The van der Waals surface area contributed by atoms with Crippen LogP contribution < -0.4 is 15.8 Å². The van der Waals surface area contributed by atoms with Crippen LogP contribution in [-0.4, -0.2) is 28.1 Å². The third kappa shape index (κ3) is 4.81. The molecule has 0 aliphatic heterocycles. The molecule has 0 aliphatic carbocycles. The van der Waals surface area contributed by atoms with Gasteiger partial charge in [0.15, 0.2) is 0 Å². The van der Waals surface area contributed by atoms with Gasteiger partial charge in [-0.2, -0.15) is 0 Å². The average Bonchev–Trinajstić information content (AvgIpc) is 2.38.